The van der Waals surface area contributed by atoms with Gasteiger partial charge in [-0.15, -0.1) is 0 Å². The van der Waals surface area contributed by atoms with Gasteiger partial charge in [-0.25, -0.2) is 4.79 Å². The average Bonchev–Trinajstić information content (AvgIpc) is 2.18. The van der Waals surface area contributed by atoms with Gasteiger partial charge in [0.2, 0.25) is 5.83 Å². The van der Waals surface area contributed by atoms with Crippen LogP contribution in [0.1, 0.15) is 5.56 Å². The number of carboxylic acid groups (broad SMARTS) is 1. The van der Waals surface area contributed by atoms with Crippen LogP contribution in [0.15, 0.2) is 18.0 Å². The molecule has 0 heterocycles. The molecule has 0 aliphatic rings. The third-order valence-electron chi connectivity index (χ3n) is 1.55. The predicted octanol–water partition coefficient (Wildman–Crippen LogP) is 4.04. The fraction of sp³-hybridized carbons (Fsp3) is 0. The molecule has 1 N–H and O–H groups in total. The zero-order chi connectivity index (χ0) is 11.6. The summed E-state index contributed by atoms with van der Waals surface area (Å²) in [6.45, 7) is 0. The Hall–Kier alpha value is -0.770. The maximum atomic E-state index is 12.8. The molecule has 1 aromatic rings. The second-order valence-electron chi connectivity index (χ2n) is 2.55. The highest BCUT2D eigenvalue weighted by Crippen LogP contribution is 2.33. The van der Waals surface area contributed by atoms with E-state index < -0.39 is 11.8 Å². The summed E-state index contributed by atoms with van der Waals surface area (Å²) in [5.41, 5.74) is 0.0470. The maximum absolute atomic E-state index is 12.8. The Bertz CT molecular complexity index is 443. The van der Waals surface area contributed by atoms with Crippen molar-refractivity contribution in [2.45, 2.75) is 0 Å². The van der Waals surface area contributed by atoms with E-state index in [0.29, 0.717) is 0 Å². The fourth-order valence-corrected chi connectivity index (χ4v) is 1.51. The minimum atomic E-state index is -1.69. The van der Waals surface area contributed by atoms with E-state index in [0.717, 1.165) is 6.08 Å². The topological polar surface area (TPSA) is 37.3 Å². The molecule has 2 nitrogen and oxygen atoms in total. The van der Waals surface area contributed by atoms with E-state index in [-0.39, 0.29) is 20.6 Å². The lowest BCUT2D eigenvalue weighted by Gasteiger charge is -2.03. The molecule has 0 bridgehead atoms. The van der Waals surface area contributed by atoms with Gasteiger partial charge < -0.3 is 5.11 Å². The summed E-state index contributed by atoms with van der Waals surface area (Å²) in [6, 6.07) is 2.83. The van der Waals surface area contributed by atoms with Crippen LogP contribution < -0.4 is 0 Å². The van der Waals surface area contributed by atoms with Gasteiger partial charge >= 0.3 is 5.97 Å². The van der Waals surface area contributed by atoms with Crippen LogP contribution >= 0.6 is 34.8 Å². The van der Waals surface area contributed by atoms with Gasteiger partial charge in [0.1, 0.15) is 0 Å². The van der Waals surface area contributed by atoms with E-state index in [9.17, 15) is 9.18 Å². The largest absolute Gasteiger partial charge is 0.476 e. The summed E-state index contributed by atoms with van der Waals surface area (Å²) < 4.78 is 12.8. The zero-order valence-corrected chi connectivity index (χ0v) is 9.37. The first kappa shape index (κ1) is 12.3. The van der Waals surface area contributed by atoms with Crippen molar-refractivity contribution in [2.24, 2.45) is 0 Å². The van der Waals surface area contributed by atoms with Crippen molar-refractivity contribution in [3.8, 4) is 0 Å². The number of aliphatic carboxylic acids is 1. The highest BCUT2D eigenvalue weighted by molar-refractivity contribution is 6.44. The second kappa shape index (κ2) is 4.84. The molecule has 0 amide bonds. The molecule has 0 spiro atoms. The normalized spacial score (nSPS) is 11.6. The summed E-state index contributed by atoms with van der Waals surface area (Å²) >= 11 is 17.1. The average molecular weight is 269 g/mol. The first-order chi connectivity index (χ1) is 6.93. The number of hydrogen-bond donors (Lipinski definition) is 1. The second-order valence-corrected chi connectivity index (χ2v) is 3.75. The lowest BCUT2D eigenvalue weighted by atomic mass is 10.2. The number of carbonyl (C=O) groups is 1. The Balaban J connectivity index is 3.32. The van der Waals surface area contributed by atoms with Crippen LogP contribution in [0.4, 0.5) is 4.39 Å². The van der Waals surface area contributed by atoms with Crippen LogP contribution in [0.2, 0.25) is 15.1 Å². The van der Waals surface area contributed by atoms with Crippen molar-refractivity contribution in [1.82, 2.24) is 0 Å². The Labute approximate surface area is 99.9 Å². The lowest BCUT2D eigenvalue weighted by molar-refractivity contribution is -0.134. The first-order valence-electron chi connectivity index (χ1n) is 3.67. The molecule has 0 aliphatic carbocycles. The molecule has 0 radical (unpaired) electrons. The highest BCUT2D eigenvalue weighted by Gasteiger charge is 2.11. The molecule has 0 aromatic heterocycles. The van der Waals surface area contributed by atoms with E-state index in [1.54, 1.807) is 0 Å². The van der Waals surface area contributed by atoms with Gasteiger partial charge in [0, 0.05) is 10.6 Å². The van der Waals surface area contributed by atoms with Crippen molar-refractivity contribution in [1.29, 1.82) is 0 Å². The van der Waals surface area contributed by atoms with E-state index in [2.05, 4.69) is 0 Å². The van der Waals surface area contributed by atoms with Crippen molar-refractivity contribution in [2.75, 3.05) is 0 Å². The summed E-state index contributed by atoms with van der Waals surface area (Å²) in [7, 11) is 0. The molecule has 1 aromatic carbocycles. The Morgan fingerprint density at radius 1 is 1.27 bits per heavy atom. The number of benzene rings is 1. The first-order valence-corrected chi connectivity index (χ1v) is 4.81. The van der Waals surface area contributed by atoms with Crippen LogP contribution in [0, 0.1) is 0 Å². The SMILES string of the molecule is O=C(O)/C(F)=C/c1c(Cl)ccc(Cl)c1Cl. The Morgan fingerprint density at radius 2 is 1.80 bits per heavy atom. The third kappa shape index (κ3) is 2.84. The maximum Gasteiger partial charge on any atom is 0.364 e. The van der Waals surface area contributed by atoms with Crippen LogP contribution in [-0.4, -0.2) is 11.1 Å². The minimum Gasteiger partial charge on any atom is -0.476 e. The van der Waals surface area contributed by atoms with Crippen LogP contribution in [0.3, 0.4) is 0 Å². The van der Waals surface area contributed by atoms with Crippen LogP contribution in [0.5, 0.6) is 0 Å². The minimum absolute atomic E-state index is 0.0144. The molecule has 0 saturated carbocycles. The smallest absolute Gasteiger partial charge is 0.364 e. The van der Waals surface area contributed by atoms with Crippen molar-refractivity contribution in [3.63, 3.8) is 0 Å². The summed E-state index contributed by atoms with van der Waals surface area (Å²) in [4.78, 5) is 10.2. The highest BCUT2D eigenvalue weighted by atomic mass is 35.5. The lowest BCUT2D eigenvalue weighted by Crippen LogP contribution is -1.94. The number of rotatable bonds is 2. The predicted molar refractivity (Wildman–Crippen MR) is 58.2 cm³/mol. The molecule has 0 saturated heterocycles. The Kier molecular flexibility index (Phi) is 3.97. The van der Waals surface area contributed by atoms with Crippen molar-refractivity contribution in [3.05, 3.63) is 38.6 Å². The summed E-state index contributed by atoms with van der Waals surface area (Å²) in [6.07, 6.45) is 0.721. The molecular formula is C9H4Cl3FO2. The van der Waals surface area contributed by atoms with Crippen molar-refractivity contribution >= 4 is 46.8 Å². The van der Waals surface area contributed by atoms with Gasteiger partial charge in [-0.3, -0.25) is 0 Å². The van der Waals surface area contributed by atoms with Crippen molar-refractivity contribution < 1.29 is 14.3 Å². The van der Waals surface area contributed by atoms with E-state index in [1.165, 1.54) is 12.1 Å². The molecule has 80 valence electrons. The fourth-order valence-electron chi connectivity index (χ4n) is 0.864. The van der Waals surface area contributed by atoms with Gasteiger partial charge in [0.25, 0.3) is 0 Å². The van der Waals surface area contributed by atoms with Gasteiger partial charge in [0.15, 0.2) is 0 Å². The van der Waals surface area contributed by atoms with Gasteiger partial charge in [-0.2, -0.15) is 4.39 Å². The number of carboxylic acids is 1. The van der Waals surface area contributed by atoms with Crippen LogP contribution in [-0.2, 0) is 4.79 Å². The zero-order valence-electron chi connectivity index (χ0n) is 7.10. The number of hydrogen-bond acceptors (Lipinski definition) is 1. The molecule has 1 rings (SSSR count). The van der Waals surface area contributed by atoms with Gasteiger partial charge in [-0.1, -0.05) is 34.8 Å². The molecule has 6 heteroatoms. The standard InChI is InChI=1S/C9H4Cl3FO2/c10-5-1-2-6(11)8(12)4(5)3-7(13)9(14)15/h1-3H,(H,14,15)/b7-3-. The van der Waals surface area contributed by atoms with E-state index in [1.807, 2.05) is 0 Å². The number of halogens is 4. The molecule has 15 heavy (non-hydrogen) atoms. The molecule has 0 unspecified atom stereocenters. The quantitative estimate of drug-likeness (QED) is 0.650. The summed E-state index contributed by atoms with van der Waals surface area (Å²) in [5.74, 6) is -3.05. The summed E-state index contributed by atoms with van der Waals surface area (Å²) in [5, 5.41) is 8.64. The van der Waals surface area contributed by atoms with Crippen LogP contribution in [0.25, 0.3) is 6.08 Å². The monoisotopic (exact) mass is 268 g/mol. The molecule has 0 atom stereocenters. The third-order valence-corrected chi connectivity index (χ3v) is 2.70. The molecule has 0 aliphatic heterocycles. The van der Waals surface area contributed by atoms with Gasteiger partial charge in [0.05, 0.1) is 10.0 Å². The molecular weight excluding hydrogens is 265 g/mol. The molecule has 0 fully saturated rings. The Morgan fingerprint density at radius 3 is 2.33 bits per heavy atom. The van der Waals surface area contributed by atoms with E-state index >= 15 is 0 Å². The van der Waals surface area contributed by atoms with Gasteiger partial charge in [-0.05, 0) is 18.2 Å². The van der Waals surface area contributed by atoms with E-state index in [4.69, 9.17) is 39.9 Å².